The third-order valence-corrected chi connectivity index (χ3v) is 4.06. The molecule has 0 aromatic heterocycles. The van der Waals surface area contributed by atoms with Gasteiger partial charge in [-0.1, -0.05) is 29.8 Å². The first-order valence-electron chi connectivity index (χ1n) is 6.59. The van der Waals surface area contributed by atoms with Crippen molar-refractivity contribution in [3.05, 3.63) is 35.4 Å². The van der Waals surface area contributed by atoms with Crippen LogP contribution in [0.4, 0.5) is 0 Å². The van der Waals surface area contributed by atoms with E-state index in [2.05, 4.69) is 43.0 Å². The third-order valence-electron chi connectivity index (χ3n) is 4.06. The average molecular weight is 263 g/mol. The highest BCUT2D eigenvalue weighted by atomic mass is 16.5. The molecule has 104 valence electrons. The molecule has 0 aliphatic carbocycles. The number of carboxylic acid groups (broad SMARTS) is 1. The predicted octanol–water partition coefficient (Wildman–Crippen LogP) is 2.09. The quantitative estimate of drug-likeness (QED) is 0.903. The van der Waals surface area contributed by atoms with Crippen LogP contribution in [0.5, 0.6) is 0 Å². The van der Waals surface area contributed by atoms with Crippen LogP contribution in [-0.2, 0) is 9.53 Å². The van der Waals surface area contributed by atoms with E-state index in [9.17, 15) is 9.90 Å². The normalized spacial score (nSPS) is 24.6. The maximum atomic E-state index is 11.2. The summed E-state index contributed by atoms with van der Waals surface area (Å²) in [5.41, 5.74) is 2.43. The Morgan fingerprint density at radius 1 is 1.37 bits per heavy atom. The zero-order chi connectivity index (χ0) is 14.0. The molecule has 3 unspecified atom stereocenters. The van der Waals surface area contributed by atoms with E-state index in [1.54, 1.807) is 0 Å². The second-order valence-corrected chi connectivity index (χ2v) is 5.30. The topological polar surface area (TPSA) is 49.8 Å². The SMILES string of the molecule is Cc1ccc(C(C)N(C)C2COCC2C(=O)O)cc1. The number of hydrogen-bond donors (Lipinski definition) is 1. The Kier molecular flexibility index (Phi) is 4.22. The molecular formula is C15H21NO3. The lowest BCUT2D eigenvalue weighted by atomic mass is 9.98. The highest BCUT2D eigenvalue weighted by molar-refractivity contribution is 5.71. The van der Waals surface area contributed by atoms with Gasteiger partial charge >= 0.3 is 5.97 Å². The molecule has 1 aromatic carbocycles. The molecule has 3 atom stereocenters. The maximum Gasteiger partial charge on any atom is 0.310 e. The fourth-order valence-electron chi connectivity index (χ4n) is 2.55. The number of carbonyl (C=O) groups is 1. The lowest BCUT2D eigenvalue weighted by Crippen LogP contribution is -2.42. The van der Waals surface area contributed by atoms with Crippen molar-refractivity contribution in [2.45, 2.75) is 25.9 Å². The molecule has 1 saturated heterocycles. The number of hydrogen-bond acceptors (Lipinski definition) is 3. The molecule has 0 radical (unpaired) electrons. The molecule has 0 spiro atoms. The first-order valence-corrected chi connectivity index (χ1v) is 6.59. The van der Waals surface area contributed by atoms with Gasteiger partial charge in [0.25, 0.3) is 0 Å². The van der Waals surface area contributed by atoms with E-state index in [4.69, 9.17) is 4.74 Å². The second-order valence-electron chi connectivity index (χ2n) is 5.30. The van der Waals surface area contributed by atoms with Gasteiger partial charge in [0.1, 0.15) is 0 Å². The molecule has 4 heteroatoms. The van der Waals surface area contributed by atoms with Crippen molar-refractivity contribution in [3.8, 4) is 0 Å². The van der Waals surface area contributed by atoms with Gasteiger partial charge in [0, 0.05) is 12.1 Å². The summed E-state index contributed by atoms with van der Waals surface area (Å²) in [4.78, 5) is 13.3. The van der Waals surface area contributed by atoms with E-state index in [0.717, 1.165) is 0 Å². The van der Waals surface area contributed by atoms with Crippen LogP contribution in [0.15, 0.2) is 24.3 Å². The molecule has 4 nitrogen and oxygen atoms in total. The smallest absolute Gasteiger partial charge is 0.310 e. The fraction of sp³-hybridized carbons (Fsp3) is 0.533. The zero-order valence-electron chi connectivity index (χ0n) is 11.7. The van der Waals surface area contributed by atoms with E-state index in [1.165, 1.54) is 11.1 Å². The van der Waals surface area contributed by atoms with Crippen molar-refractivity contribution in [3.63, 3.8) is 0 Å². The van der Waals surface area contributed by atoms with E-state index in [0.29, 0.717) is 13.2 Å². The molecule has 0 bridgehead atoms. The van der Waals surface area contributed by atoms with Crippen molar-refractivity contribution >= 4 is 5.97 Å². The highest BCUT2D eigenvalue weighted by Crippen LogP contribution is 2.27. The van der Waals surface area contributed by atoms with E-state index in [1.807, 2.05) is 7.05 Å². The summed E-state index contributed by atoms with van der Waals surface area (Å²) >= 11 is 0. The molecule has 0 saturated carbocycles. The van der Waals surface area contributed by atoms with E-state index < -0.39 is 11.9 Å². The molecule has 1 N–H and O–H groups in total. The number of carboxylic acids is 1. The lowest BCUT2D eigenvalue weighted by Gasteiger charge is -2.32. The summed E-state index contributed by atoms with van der Waals surface area (Å²) in [5, 5.41) is 9.21. The van der Waals surface area contributed by atoms with Crippen molar-refractivity contribution < 1.29 is 14.6 Å². The third kappa shape index (κ3) is 2.96. The van der Waals surface area contributed by atoms with Gasteiger partial charge in [-0.05, 0) is 26.5 Å². The van der Waals surface area contributed by atoms with Crippen LogP contribution in [0.2, 0.25) is 0 Å². The van der Waals surface area contributed by atoms with Crippen molar-refractivity contribution in [1.82, 2.24) is 4.90 Å². The number of aryl methyl sites for hydroxylation is 1. The molecule has 1 heterocycles. The van der Waals surface area contributed by atoms with Crippen LogP contribution in [0.1, 0.15) is 24.1 Å². The molecule has 1 aromatic rings. The Morgan fingerprint density at radius 2 is 2.00 bits per heavy atom. The molecular weight excluding hydrogens is 242 g/mol. The Labute approximate surface area is 114 Å². The number of ether oxygens (including phenoxy) is 1. The van der Waals surface area contributed by atoms with Gasteiger partial charge in [-0.25, -0.2) is 0 Å². The molecule has 1 aliphatic rings. The van der Waals surface area contributed by atoms with Gasteiger partial charge in [0.15, 0.2) is 0 Å². The van der Waals surface area contributed by atoms with Gasteiger partial charge < -0.3 is 9.84 Å². The van der Waals surface area contributed by atoms with Gasteiger partial charge in [-0.15, -0.1) is 0 Å². The van der Waals surface area contributed by atoms with Crippen LogP contribution < -0.4 is 0 Å². The second kappa shape index (κ2) is 5.72. The number of nitrogens with zero attached hydrogens (tertiary/aromatic N) is 1. The zero-order valence-corrected chi connectivity index (χ0v) is 11.7. The van der Waals surface area contributed by atoms with Gasteiger partial charge in [0.2, 0.25) is 0 Å². The molecule has 1 aliphatic heterocycles. The molecule has 19 heavy (non-hydrogen) atoms. The van der Waals surface area contributed by atoms with Crippen molar-refractivity contribution in [2.75, 3.05) is 20.3 Å². The summed E-state index contributed by atoms with van der Waals surface area (Å²) in [6.07, 6.45) is 0. The number of rotatable bonds is 4. The minimum atomic E-state index is -0.773. The summed E-state index contributed by atoms with van der Waals surface area (Å²) in [5.74, 6) is -1.21. The van der Waals surface area contributed by atoms with E-state index >= 15 is 0 Å². The van der Waals surface area contributed by atoms with Crippen LogP contribution in [-0.4, -0.2) is 42.3 Å². The fourth-order valence-corrected chi connectivity index (χ4v) is 2.55. The minimum absolute atomic E-state index is 0.0613. The Hall–Kier alpha value is -1.39. The predicted molar refractivity (Wildman–Crippen MR) is 73.1 cm³/mol. The first-order chi connectivity index (χ1) is 9.00. The number of aliphatic carboxylic acids is 1. The highest BCUT2D eigenvalue weighted by Gasteiger charge is 2.38. The minimum Gasteiger partial charge on any atom is -0.481 e. The summed E-state index contributed by atoms with van der Waals surface area (Å²) in [6.45, 7) is 4.96. The summed E-state index contributed by atoms with van der Waals surface area (Å²) < 4.78 is 5.33. The van der Waals surface area contributed by atoms with Crippen molar-refractivity contribution in [1.29, 1.82) is 0 Å². The van der Waals surface area contributed by atoms with Crippen LogP contribution in [0.25, 0.3) is 0 Å². The van der Waals surface area contributed by atoms with Crippen LogP contribution >= 0.6 is 0 Å². The summed E-state index contributed by atoms with van der Waals surface area (Å²) in [7, 11) is 1.97. The van der Waals surface area contributed by atoms with Gasteiger partial charge in [-0.2, -0.15) is 0 Å². The molecule has 0 amide bonds. The van der Waals surface area contributed by atoms with E-state index in [-0.39, 0.29) is 12.1 Å². The largest absolute Gasteiger partial charge is 0.481 e. The number of benzene rings is 1. The summed E-state index contributed by atoms with van der Waals surface area (Å²) in [6, 6.07) is 8.48. The van der Waals surface area contributed by atoms with Crippen LogP contribution in [0.3, 0.4) is 0 Å². The average Bonchev–Trinajstić information content (AvgIpc) is 2.87. The maximum absolute atomic E-state index is 11.2. The van der Waals surface area contributed by atoms with Gasteiger partial charge in [0.05, 0.1) is 19.1 Å². The first kappa shape index (κ1) is 14.0. The lowest BCUT2D eigenvalue weighted by molar-refractivity contribution is -0.143. The molecule has 2 rings (SSSR count). The standard InChI is InChI=1S/C15H21NO3/c1-10-4-6-12(7-5-10)11(2)16(3)14-9-19-8-13(14)15(17)18/h4-7,11,13-14H,8-9H2,1-3H3,(H,17,18). The Bertz CT molecular complexity index is 443. The monoisotopic (exact) mass is 263 g/mol. The van der Waals surface area contributed by atoms with Crippen molar-refractivity contribution in [2.24, 2.45) is 5.92 Å². The number of likely N-dealkylation sites (N-methyl/N-ethyl adjacent to an activating group) is 1. The van der Waals surface area contributed by atoms with Crippen LogP contribution in [0, 0.1) is 12.8 Å². The molecule has 1 fully saturated rings. The Morgan fingerprint density at radius 3 is 2.58 bits per heavy atom. The Balaban J connectivity index is 2.12. The van der Waals surface area contributed by atoms with Gasteiger partial charge in [-0.3, -0.25) is 9.69 Å².